The van der Waals surface area contributed by atoms with Gasteiger partial charge in [0.15, 0.2) is 11.5 Å². The number of esters is 1. The van der Waals surface area contributed by atoms with Gasteiger partial charge in [-0.05, 0) is 24.1 Å². The van der Waals surface area contributed by atoms with Crippen molar-refractivity contribution in [3.05, 3.63) is 59.2 Å². The first-order chi connectivity index (χ1) is 16.3. The largest absolute Gasteiger partial charge is 0.493 e. The zero-order valence-electron chi connectivity index (χ0n) is 18.6. The van der Waals surface area contributed by atoms with E-state index < -0.39 is 36.2 Å². The molecule has 2 aliphatic rings. The Balaban J connectivity index is 1.59. The molecule has 10 nitrogen and oxygen atoms in total. The number of nitrogens with one attached hydrogen (secondary N) is 1. The molecule has 1 fully saturated rings. The summed E-state index contributed by atoms with van der Waals surface area (Å²) < 4.78 is 16.0. The normalized spacial score (nSPS) is 19.9. The summed E-state index contributed by atoms with van der Waals surface area (Å²) in [5.74, 6) is -2.40. The number of ether oxygens (including phenoxy) is 3. The highest BCUT2D eigenvalue weighted by atomic mass is 16.6. The van der Waals surface area contributed by atoms with Crippen molar-refractivity contribution in [1.29, 1.82) is 0 Å². The molecule has 34 heavy (non-hydrogen) atoms. The predicted octanol–water partition coefficient (Wildman–Crippen LogP) is 1.68. The van der Waals surface area contributed by atoms with Gasteiger partial charge in [-0.15, -0.1) is 0 Å². The van der Waals surface area contributed by atoms with Gasteiger partial charge in [-0.3, -0.25) is 14.5 Å². The molecule has 2 aliphatic heterocycles. The fourth-order valence-corrected chi connectivity index (χ4v) is 4.36. The minimum Gasteiger partial charge on any atom is -0.493 e. The van der Waals surface area contributed by atoms with Crippen LogP contribution in [0.5, 0.6) is 11.5 Å². The Bertz CT molecular complexity index is 1130. The van der Waals surface area contributed by atoms with Gasteiger partial charge in [-0.1, -0.05) is 30.3 Å². The molecule has 10 heteroatoms. The van der Waals surface area contributed by atoms with Crippen molar-refractivity contribution in [3.8, 4) is 11.5 Å². The van der Waals surface area contributed by atoms with Crippen LogP contribution < -0.4 is 14.8 Å². The quantitative estimate of drug-likeness (QED) is 0.560. The molecule has 0 aliphatic carbocycles. The molecule has 3 atom stereocenters. The van der Waals surface area contributed by atoms with Crippen LogP contribution in [0.3, 0.4) is 0 Å². The fourth-order valence-electron chi connectivity index (χ4n) is 4.36. The molecule has 4 rings (SSSR count). The molecule has 0 radical (unpaired) electrons. The molecular formula is C24H24N2O8. The van der Waals surface area contributed by atoms with E-state index in [2.05, 4.69) is 5.32 Å². The lowest BCUT2D eigenvalue weighted by atomic mass is 10.0. The lowest BCUT2D eigenvalue weighted by Crippen LogP contribution is -2.51. The van der Waals surface area contributed by atoms with Gasteiger partial charge in [-0.2, -0.15) is 0 Å². The van der Waals surface area contributed by atoms with Crippen LogP contribution in [0.25, 0.3) is 0 Å². The summed E-state index contributed by atoms with van der Waals surface area (Å²) in [6.45, 7) is 0. The average Bonchev–Trinajstić information content (AvgIpc) is 3.37. The van der Waals surface area contributed by atoms with Crippen LogP contribution in [0, 0.1) is 0 Å². The molecule has 0 bridgehead atoms. The van der Waals surface area contributed by atoms with Crippen LogP contribution in [0.2, 0.25) is 0 Å². The SMILES string of the molecule is COc1ccc2c(c1OC)C(=O)OC2N1C(=O)CCC1C(=O)NC(Cc1ccccc1)C(=O)O. The van der Waals surface area contributed by atoms with Crippen molar-refractivity contribution in [2.75, 3.05) is 14.2 Å². The Kier molecular flexibility index (Phi) is 6.40. The van der Waals surface area contributed by atoms with Crippen molar-refractivity contribution in [2.24, 2.45) is 0 Å². The molecule has 3 unspecified atom stereocenters. The number of rotatable bonds is 8. The van der Waals surface area contributed by atoms with E-state index in [1.54, 1.807) is 36.4 Å². The molecule has 178 valence electrons. The number of aliphatic carboxylic acids is 1. The number of amides is 2. The summed E-state index contributed by atoms with van der Waals surface area (Å²) in [6, 6.07) is 9.90. The van der Waals surface area contributed by atoms with E-state index in [1.807, 2.05) is 6.07 Å². The monoisotopic (exact) mass is 468 g/mol. The number of cyclic esters (lactones) is 1. The van der Waals surface area contributed by atoms with Gasteiger partial charge in [-0.25, -0.2) is 9.59 Å². The summed E-state index contributed by atoms with van der Waals surface area (Å²) in [5.41, 5.74) is 1.24. The lowest BCUT2D eigenvalue weighted by molar-refractivity contribution is -0.147. The zero-order chi connectivity index (χ0) is 24.4. The maximum Gasteiger partial charge on any atom is 0.344 e. The van der Waals surface area contributed by atoms with Gasteiger partial charge >= 0.3 is 11.9 Å². The van der Waals surface area contributed by atoms with Crippen molar-refractivity contribution in [3.63, 3.8) is 0 Å². The summed E-state index contributed by atoms with van der Waals surface area (Å²) in [6.07, 6.45) is -0.823. The average molecular weight is 468 g/mol. The highest BCUT2D eigenvalue weighted by molar-refractivity contribution is 5.99. The maximum atomic E-state index is 13.1. The Morgan fingerprint density at radius 1 is 1.15 bits per heavy atom. The minimum absolute atomic E-state index is 0.0607. The number of carbonyl (C=O) groups excluding carboxylic acids is 3. The molecule has 2 amide bonds. The number of hydrogen-bond acceptors (Lipinski definition) is 7. The second-order valence-electron chi connectivity index (χ2n) is 7.97. The molecule has 2 aromatic carbocycles. The number of carbonyl (C=O) groups is 4. The van der Waals surface area contributed by atoms with Crippen molar-refractivity contribution >= 4 is 23.8 Å². The molecule has 0 aromatic heterocycles. The number of carboxylic acid groups (broad SMARTS) is 1. The van der Waals surface area contributed by atoms with E-state index in [0.29, 0.717) is 11.3 Å². The maximum absolute atomic E-state index is 13.1. The standard InChI is InChI=1S/C24H24N2O8/c1-32-17-10-8-14-19(20(17)33-2)24(31)34-22(14)26-16(9-11-18(26)27)21(28)25-15(23(29)30)12-13-6-4-3-5-7-13/h3-8,10,15-16,22H,9,11-12H2,1-2H3,(H,25,28)(H,29,30). The number of hydrogen-bond donors (Lipinski definition) is 2. The lowest BCUT2D eigenvalue weighted by Gasteiger charge is -2.30. The molecule has 2 heterocycles. The number of likely N-dealkylation sites (tertiary alicyclic amines) is 1. The van der Waals surface area contributed by atoms with E-state index in [1.165, 1.54) is 19.1 Å². The fraction of sp³-hybridized carbons (Fsp3) is 0.333. The number of benzene rings is 2. The number of carboxylic acids is 1. The first kappa shape index (κ1) is 23.1. The summed E-state index contributed by atoms with van der Waals surface area (Å²) in [7, 11) is 2.81. The predicted molar refractivity (Wildman–Crippen MR) is 117 cm³/mol. The Morgan fingerprint density at radius 2 is 1.88 bits per heavy atom. The Hall–Kier alpha value is -4.08. The molecule has 0 spiro atoms. The van der Waals surface area contributed by atoms with Crippen LogP contribution in [-0.2, 0) is 25.5 Å². The van der Waals surface area contributed by atoms with Gasteiger partial charge < -0.3 is 24.6 Å². The Morgan fingerprint density at radius 3 is 2.53 bits per heavy atom. The van der Waals surface area contributed by atoms with Crippen molar-refractivity contribution < 1.29 is 38.5 Å². The molecule has 1 saturated heterocycles. The van der Waals surface area contributed by atoms with E-state index in [0.717, 1.165) is 5.56 Å². The van der Waals surface area contributed by atoms with Crippen LogP contribution >= 0.6 is 0 Å². The number of fused-ring (bicyclic) bond motifs is 1. The third kappa shape index (κ3) is 4.14. The number of nitrogens with zero attached hydrogens (tertiary/aromatic N) is 1. The Labute approximate surface area is 195 Å². The van der Waals surface area contributed by atoms with Crippen LogP contribution in [-0.4, -0.2) is 60.1 Å². The van der Waals surface area contributed by atoms with Crippen LogP contribution in [0.4, 0.5) is 0 Å². The third-order valence-electron chi connectivity index (χ3n) is 5.97. The smallest absolute Gasteiger partial charge is 0.344 e. The second-order valence-corrected chi connectivity index (χ2v) is 7.97. The highest BCUT2D eigenvalue weighted by Crippen LogP contribution is 2.45. The molecule has 2 aromatic rings. The first-order valence-corrected chi connectivity index (χ1v) is 10.7. The minimum atomic E-state index is -1.19. The molecular weight excluding hydrogens is 444 g/mol. The summed E-state index contributed by atoms with van der Waals surface area (Å²) in [5, 5.41) is 12.2. The topological polar surface area (TPSA) is 131 Å². The van der Waals surface area contributed by atoms with Crippen molar-refractivity contribution in [1.82, 2.24) is 10.2 Å². The highest BCUT2D eigenvalue weighted by Gasteiger charge is 2.48. The van der Waals surface area contributed by atoms with Gasteiger partial charge in [0.2, 0.25) is 18.0 Å². The number of methoxy groups -OCH3 is 2. The third-order valence-corrected chi connectivity index (χ3v) is 5.97. The van der Waals surface area contributed by atoms with E-state index in [-0.39, 0.29) is 36.5 Å². The van der Waals surface area contributed by atoms with Crippen LogP contribution in [0.15, 0.2) is 42.5 Å². The van der Waals surface area contributed by atoms with Gasteiger partial charge in [0.25, 0.3) is 0 Å². The van der Waals surface area contributed by atoms with Gasteiger partial charge in [0.05, 0.1) is 14.2 Å². The first-order valence-electron chi connectivity index (χ1n) is 10.7. The van der Waals surface area contributed by atoms with E-state index in [4.69, 9.17) is 14.2 Å². The van der Waals surface area contributed by atoms with Gasteiger partial charge in [0.1, 0.15) is 17.6 Å². The van der Waals surface area contributed by atoms with E-state index >= 15 is 0 Å². The summed E-state index contributed by atoms with van der Waals surface area (Å²) >= 11 is 0. The van der Waals surface area contributed by atoms with Crippen LogP contribution in [0.1, 0.15) is 40.6 Å². The molecule has 2 N–H and O–H groups in total. The zero-order valence-corrected chi connectivity index (χ0v) is 18.6. The molecule has 0 saturated carbocycles. The second kappa shape index (κ2) is 9.42. The van der Waals surface area contributed by atoms with E-state index in [9.17, 15) is 24.3 Å². The van der Waals surface area contributed by atoms with Gasteiger partial charge in [0, 0.05) is 18.4 Å². The summed E-state index contributed by atoms with van der Waals surface area (Å²) in [4.78, 5) is 51.6. The van der Waals surface area contributed by atoms with Crippen molar-refractivity contribution in [2.45, 2.75) is 37.6 Å².